The second-order valence-electron chi connectivity index (χ2n) is 6.02. The van der Waals surface area contributed by atoms with Gasteiger partial charge in [-0.25, -0.2) is 0 Å². The maximum atomic E-state index is 9.39. The Morgan fingerprint density at radius 3 is 2.47 bits per heavy atom. The first-order valence-corrected chi connectivity index (χ1v) is 7.39. The van der Waals surface area contributed by atoms with Crippen molar-refractivity contribution in [3.05, 3.63) is 0 Å². The Morgan fingerprint density at radius 1 is 1.00 bits per heavy atom. The maximum Gasteiger partial charge on any atom is 0.0462 e. The molecule has 2 saturated carbocycles. The van der Waals surface area contributed by atoms with Gasteiger partial charge < -0.3 is 16.2 Å². The summed E-state index contributed by atoms with van der Waals surface area (Å²) in [6.07, 6.45) is 10.0. The molecule has 0 saturated heterocycles. The van der Waals surface area contributed by atoms with Crippen molar-refractivity contribution in [2.45, 2.75) is 63.5 Å². The Bertz CT molecular complexity index is 222. The van der Waals surface area contributed by atoms with Crippen molar-refractivity contribution in [3.63, 3.8) is 0 Å². The summed E-state index contributed by atoms with van der Waals surface area (Å²) < 4.78 is 0. The molecule has 0 spiro atoms. The summed E-state index contributed by atoms with van der Waals surface area (Å²) in [4.78, 5) is 0. The van der Waals surface area contributed by atoms with Gasteiger partial charge >= 0.3 is 0 Å². The molecule has 17 heavy (non-hydrogen) atoms. The van der Waals surface area contributed by atoms with Gasteiger partial charge in [0.25, 0.3) is 0 Å². The van der Waals surface area contributed by atoms with E-state index in [1.54, 1.807) is 0 Å². The van der Waals surface area contributed by atoms with Gasteiger partial charge in [0.1, 0.15) is 0 Å². The standard InChI is InChI=1S/C14H28N2O/c15-13-6-3-7-14(8-13)16-9-11-4-1-2-5-12(11)10-17/h11-14,16-17H,1-10,15H2. The summed E-state index contributed by atoms with van der Waals surface area (Å²) in [5, 5.41) is 13.1. The summed E-state index contributed by atoms with van der Waals surface area (Å²) in [7, 11) is 0. The Hall–Kier alpha value is -0.120. The highest BCUT2D eigenvalue weighted by Crippen LogP contribution is 2.29. The average Bonchev–Trinajstić information content (AvgIpc) is 2.37. The third kappa shape index (κ3) is 3.94. The molecule has 4 atom stereocenters. The molecule has 0 amide bonds. The Kier molecular flexibility index (Phi) is 5.26. The van der Waals surface area contributed by atoms with Gasteiger partial charge in [-0.15, -0.1) is 0 Å². The van der Waals surface area contributed by atoms with Crippen LogP contribution in [0.15, 0.2) is 0 Å². The van der Waals surface area contributed by atoms with Crippen LogP contribution in [0.25, 0.3) is 0 Å². The first kappa shape index (κ1) is 13.3. The summed E-state index contributed by atoms with van der Waals surface area (Å²) in [6, 6.07) is 1.03. The highest BCUT2D eigenvalue weighted by Gasteiger charge is 2.26. The number of aliphatic hydroxyl groups is 1. The fourth-order valence-corrected chi connectivity index (χ4v) is 3.52. The van der Waals surface area contributed by atoms with Crippen molar-refractivity contribution in [2.24, 2.45) is 17.6 Å². The lowest BCUT2D eigenvalue weighted by Gasteiger charge is -2.33. The van der Waals surface area contributed by atoms with Crippen LogP contribution in [0, 0.1) is 11.8 Å². The van der Waals surface area contributed by atoms with Crippen molar-refractivity contribution in [1.29, 1.82) is 0 Å². The highest BCUT2D eigenvalue weighted by molar-refractivity contribution is 4.83. The Morgan fingerprint density at radius 2 is 1.76 bits per heavy atom. The molecule has 0 heterocycles. The first-order valence-electron chi connectivity index (χ1n) is 7.39. The molecule has 4 N–H and O–H groups in total. The van der Waals surface area contributed by atoms with Crippen LogP contribution in [0.3, 0.4) is 0 Å². The monoisotopic (exact) mass is 240 g/mol. The molecular formula is C14H28N2O. The fraction of sp³-hybridized carbons (Fsp3) is 1.00. The molecule has 3 nitrogen and oxygen atoms in total. The van der Waals surface area contributed by atoms with Crippen LogP contribution in [-0.2, 0) is 0 Å². The molecule has 0 radical (unpaired) electrons. The van der Waals surface area contributed by atoms with Crippen molar-refractivity contribution < 1.29 is 5.11 Å². The molecule has 4 unspecified atom stereocenters. The lowest BCUT2D eigenvalue weighted by atomic mass is 9.79. The lowest BCUT2D eigenvalue weighted by Crippen LogP contribution is -2.43. The van der Waals surface area contributed by atoms with Crippen molar-refractivity contribution in [1.82, 2.24) is 5.32 Å². The summed E-state index contributed by atoms with van der Waals surface area (Å²) >= 11 is 0. The zero-order valence-electron chi connectivity index (χ0n) is 10.9. The van der Waals surface area contributed by atoms with E-state index < -0.39 is 0 Å². The van der Waals surface area contributed by atoms with Gasteiger partial charge in [-0.3, -0.25) is 0 Å². The van der Waals surface area contributed by atoms with Gasteiger partial charge in [0.2, 0.25) is 0 Å². The van der Waals surface area contributed by atoms with E-state index in [4.69, 9.17) is 5.73 Å². The summed E-state index contributed by atoms with van der Waals surface area (Å²) in [6.45, 7) is 1.46. The van der Waals surface area contributed by atoms with Crippen molar-refractivity contribution in [2.75, 3.05) is 13.2 Å². The molecule has 0 aromatic carbocycles. The molecule has 0 aromatic heterocycles. The Balaban J connectivity index is 1.72. The topological polar surface area (TPSA) is 58.3 Å². The van der Waals surface area contributed by atoms with E-state index in [9.17, 15) is 5.11 Å². The molecular weight excluding hydrogens is 212 g/mol. The van der Waals surface area contributed by atoms with Crippen molar-refractivity contribution >= 4 is 0 Å². The van der Waals surface area contributed by atoms with Gasteiger partial charge in [0.15, 0.2) is 0 Å². The third-order valence-electron chi connectivity index (χ3n) is 4.68. The molecule has 2 aliphatic rings. The summed E-state index contributed by atoms with van der Waals surface area (Å²) in [5.41, 5.74) is 6.01. The van der Waals surface area contributed by atoms with Crippen LogP contribution in [0.2, 0.25) is 0 Å². The van der Waals surface area contributed by atoms with E-state index in [-0.39, 0.29) is 0 Å². The molecule has 0 aromatic rings. The molecule has 2 aliphatic carbocycles. The third-order valence-corrected chi connectivity index (χ3v) is 4.68. The van der Waals surface area contributed by atoms with Crippen LogP contribution in [0.4, 0.5) is 0 Å². The quantitative estimate of drug-likeness (QED) is 0.700. The largest absolute Gasteiger partial charge is 0.396 e. The van der Waals surface area contributed by atoms with Gasteiger partial charge in [-0.2, -0.15) is 0 Å². The number of nitrogens with two attached hydrogens (primary N) is 1. The molecule has 2 rings (SSSR count). The van der Waals surface area contributed by atoms with Crippen LogP contribution < -0.4 is 11.1 Å². The van der Waals surface area contributed by atoms with Crippen LogP contribution in [0.1, 0.15) is 51.4 Å². The first-order chi connectivity index (χ1) is 8.29. The molecule has 3 heteroatoms. The average molecular weight is 240 g/mol. The minimum atomic E-state index is 0.372. The molecule has 0 bridgehead atoms. The predicted octanol–water partition coefficient (Wildman–Crippen LogP) is 1.64. The lowest BCUT2D eigenvalue weighted by molar-refractivity contribution is 0.129. The van der Waals surface area contributed by atoms with Crippen LogP contribution in [0.5, 0.6) is 0 Å². The molecule has 0 aliphatic heterocycles. The SMILES string of the molecule is NC1CCCC(NCC2CCCCC2CO)C1. The zero-order chi connectivity index (χ0) is 12.1. The van der Waals surface area contributed by atoms with Gasteiger partial charge in [-0.1, -0.05) is 19.3 Å². The van der Waals surface area contributed by atoms with E-state index in [0.29, 0.717) is 30.5 Å². The van der Waals surface area contributed by atoms with E-state index in [0.717, 1.165) is 13.0 Å². The van der Waals surface area contributed by atoms with Crippen LogP contribution >= 0.6 is 0 Å². The van der Waals surface area contributed by atoms with Gasteiger partial charge in [0.05, 0.1) is 0 Å². The molecule has 2 fully saturated rings. The van der Waals surface area contributed by atoms with E-state index in [1.807, 2.05) is 0 Å². The zero-order valence-corrected chi connectivity index (χ0v) is 10.9. The number of rotatable bonds is 4. The predicted molar refractivity (Wildman–Crippen MR) is 70.8 cm³/mol. The van der Waals surface area contributed by atoms with Gasteiger partial charge in [0, 0.05) is 18.7 Å². The maximum absolute atomic E-state index is 9.39. The van der Waals surface area contributed by atoms with Crippen molar-refractivity contribution in [3.8, 4) is 0 Å². The Labute approximate surface area is 105 Å². The smallest absolute Gasteiger partial charge is 0.0462 e. The highest BCUT2D eigenvalue weighted by atomic mass is 16.3. The minimum Gasteiger partial charge on any atom is -0.396 e. The van der Waals surface area contributed by atoms with Gasteiger partial charge in [-0.05, 0) is 50.5 Å². The molecule has 100 valence electrons. The second-order valence-corrected chi connectivity index (χ2v) is 6.02. The number of aliphatic hydroxyl groups excluding tert-OH is 1. The van der Waals surface area contributed by atoms with Crippen LogP contribution in [-0.4, -0.2) is 30.3 Å². The summed E-state index contributed by atoms with van der Waals surface area (Å²) in [5.74, 6) is 1.22. The van der Waals surface area contributed by atoms with E-state index in [2.05, 4.69) is 5.32 Å². The van der Waals surface area contributed by atoms with E-state index >= 15 is 0 Å². The fourth-order valence-electron chi connectivity index (χ4n) is 3.52. The minimum absolute atomic E-state index is 0.372. The normalized spacial score (nSPS) is 39.2. The second kappa shape index (κ2) is 6.72. The number of hydrogen-bond acceptors (Lipinski definition) is 3. The van der Waals surface area contributed by atoms with E-state index in [1.165, 1.54) is 44.9 Å². The number of hydrogen-bond donors (Lipinski definition) is 3. The number of nitrogens with one attached hydrogen (secondary N) is 1.